The number of rotatable bonds is 5. The average molecular weight is 511 g/mol. The number of benzene rings is 3. The molecule has 1 atom stereocenters. The standard InChI is InChI=1S/C29H22N2O5S/c1-2-34-28(33)24-25(19-9-5-3-6-10-19)30-29-31(26(24)20-11-7-4-8-12-20)27(32)23(37-29)16-18-13-14-21-22(15-18)36-17-35-21/h3-16,26H,2,17H2,1H3/b23-16-. The number of carbonyl (C=O) groups excluding carboxylic acids is 1. The first-order valence-electron chi connectivity index (χ1n) is 11.9. The van der Waals surface area contributed by atoms with Crippen molar-refractivity contribution in [3.63, 3.8) is 0 Å². The Labute approximate surface area is 216 Å². The lowest BCUT2D eigenvalue weighted by Crippen LogP contribution is -2.39. The van der Waals surface area contributed by atoms with Crippen molar-refractivity contribution >= 4 is 29.1 Å². The van der Waals surface area contributed by atoms with Gasteiger partial charge in [0.1, 0.15) is 0 Å². The lowest BCUT2D eigenvalue weighted by atomic mass is 9.93. The van der Waals surface area contributed by atoms with Crippen LogP contribution in [0.1, 0.15) is 29.7 Å². The highest BCUT2D eigenvalue weighted by atomic mass is 32.1. The van der Waals surface area contributed by atoms with Gasteiger partial charge in [-0.15, -0.1) is 0 Å². The van der Waals surface area contributed by atoms with Crippen molar-refractivity contribution in [3.05, 3.63) is 121 Å². The summed E-state index contributed by atoms with van der Waals surface area (Å²) < 4.78 is 18.5. The maximum absolute atomic E-state index is 13.9. The summed E-state index contributed by atoms with van der Waals surface area (Å²) in [6.45, 7) is 2.15. The second kappa shape index (κ2) is 9.55. The molecule has 4 aromatic rings. The van der Waals surface area contributed by atoms with Gasteiger partial charge in [-0.2, -0.15) is 0 Å². The Morgan fingerprint density at radius 1 is 1.05 bits per heavy atom. The van der Waals surface area contributed by atoms with E-state index in [1.165, 1.54) is 11.3 Å². The quantitative estimate of drug-likeness (QED) is 0.383. The fraction of sp³-hybridized carbons (Fsp3) is 0.138. The molecule has 0 spiro atoms. The number of nitrogens with zero attached hydrogens (tertiary/aromatic N) is 2. The van der Waals surface area contributed by atoms with Crippen molar-refractivity contribution in [1.29, 1.82) is 0 Å². The Morgan fingerprint density at radius 2 is 1.78 bits per heavy atom. The molecular weight excluding hydrogens is 488 g/mol. The van der Waals surface area contributed by atoms with Gasteiger partial charge in [0.15, 0.2) is 16.3 Å². The molecule has 1 unspecified atom stereocenters. The Hall–Kier alpha value is -4.43. The molecule has 7 nitrogen and oxygen atoms in total. The number of esters is 1. The van der Waals surface area contributed by atoms with Crippen molar-refractivity contribution < 1.29 is 19.0 Å². The number of fused-ring (bicyclic) bond motifs is 2. The summed E-state index contributed by atoms with van der Waals surface area (Å²) in [7, 11) is 0. The van der Waals surface area contributed by atoms with E-state index < -0.39 is 12.0 Å². The molecule has 2 aliphatic rings. The van der Waals surface area contributed by atoms with E-state index in [1.807, 2.05) is 84.9 Å². The average Bonchev–Trinajstić information content (AvgIpc) is 3.52. The predicted molar refractivity (Wildman–Crippen MR) is 140 cm³/mol. The Kier molecular flexibility index (Phi) is 5.94. The van der Waals surface area contributed by atoms with Crippen LogP contribution in [0.2, 0.25) is 0 Å². The SMILES string of the molecule is CCOC(=O)C1=C(c2ccccc2)N=c2s/c(=C\c3ccc4c(c3)OCO4)c(=O)n2C1c1ccccc1. The first-order valence-corrected chi connectivity index (χ1v) is 12.7. The van der Waals surface area contributed by atoms with Gasteiger partial charge in [0, 0.05) is 5.56 Å². The normalized spacial score (nSPS) is 16.4. The van der Waals surface area contributed by atoms with Crippen LogP contribution in [-0.2, 0) is 9.53 Å². The molecule has 2 aliphatic heterocycles. The molecule has 0 amide bonds. The summed E-state index contributed by atoms with van der Waals surface area (Å²) in [5, 5.41) is 0. The van der Waals surface area contributed by atoms with E-state index in [4.69, 9.17) is 19.2 Å². The van der Waals surface area contributed by atoms with E-state index in [-0.39, 0.29) is 19.0 Å². The molecule has 0 bridgehead atoms. The molecule has 0 N–H and O–H groups in total. The summed E-state index contributed by atoms with van der Waals surface area (Å²) in [4.78, 5) is 32.6. The van der Waals surface area contributed by atoms with Gasteiger partial charge in [-0.3, -0.25) is 9.36 Å². The van der Waals surface area contributed by atoms with Crippen LogP contribution < -0.4 is 24.4 Å². The third kappa shape index (κ3) is 4.15. The smallest absolute Gasteiger partial charge is 0.338 e. The van der Waals surface area contributed by atoms with Gasteiger partial charge in [0.05, 0.1) is 28.5 Å². The molecule has 0 fully saturated rings. The van der Waals surface area contributed by atoms with Crippen LogP contribution in [0.5, 0.6) is 11.5 Å². The zero-order valence-corrected chi connectivity index (χ0v) is 20.7. The molecule has 0 saturated heterocycles. The third-order valence-electron chi connectivity index (χ3n) is 6.18. The van der Waals surface area contributed by atoms with Gasteiger partial charge in [-0.05, 0) is 36.3 Å². The fourth-order valence-corrected chi connectivity index (χ4v) is 5.55. The summed E-state index contributed by atoms with van der Waals surface area (Å²) in [5.41, 5.74) is 2.98. The molecule has 3 aromatic carbocycles. The molecule has 8 heteroatoms. The van der Waals surface area contributed by atoms with E-state index in [9.17, 15) is 9.59 Å². The molecule has 3 heterocycles. The number of carbonyl (C=O) groups is 1. The van der Waals surface area contributed by atoms with Crippen molar-refractivity contribution in [2.45, 2.75) is 13.0 Å². The number of hydrogen-bond acceptors (Lipinski definition) is 7. The molecule has 1 aromatic heterocycles. The number of aromatic nitrogens is 1. The predicted octanol–water partition coefficient (Wildman–Crippen LogP) is 3.66. The summed E-state index contributed by atoms with van der Waals surface area (Å²) in [6.07, 6.45) is 1.81. The minimum absolute atomic E-state index is 0.178. The van der Waals surface area contributed by atoms with E-state index >= 15 is 0 Å². The van der Waals surface area contributed by atoms with Crippen LogP contribution in [0, 0.1) is 0 Å². The molecule has 37 heavy (non-hydrogen) atoms. The highest BCUT2D eigenvalue weighted by Gasteiger charge is 2.35. The molecule has 0 radical (unpaired) electrons. The number of hydrogen-bond donors (Lipinski definition) is 0. The zero-order valence-electron chi connectivity index (χ0n) is 19.9. The van der Waals surface area contributed by atoms with E-state index in [0.717, 1.165) is 16.7 Å². The van der Waals surface area contributed by atoms with Crippen molar-refractivity contribution in [2.75, 3.05) is 13.4 Å². The maximum Gasteiger partial charge on any atom is 0.338 e. The van der Waals surface area contributed by atoms with Crippen LogP contribution in [0.3, 0.4) is 0 Å². The maximum atomic E-state index is 13.9. The van der Waals surface area contributed by atoms with Gasteiger partial charge in [-0.1, -0.05) is 78.1 Å². The minimum atomic E-state index is -0.689. The van der Waals surface area contributed by atoms with Crippen molar-refractivity contribution in [3.8, 4) is 11.5 Å². The van der Waals surface area contributed by atoms with Gasteiger partial charge >= 0.3 is 5.97 Å². The topological polar surface area (TPSA) is 79.1 Å². The molecule has 0 saturated carbocycles. The minimum Gasteiger partial charge on any atom is -0.463 e. The van der Waals surface area contributed by atoms with E-state index in [2.05, 4.69) is 0 Å². The van der Waals surface area contributed by atoms with Crippen LogP contribution in [0.4, 0.5) is 0 Å². The second-order valence-corrected chi connectivity index (χ2v) is 9.46. The van der Waals surface area contributed by atoms with Crippen LogP contribution in [0.25, 0.3) is 11.8 Å². The Morgan fingerprint density at radius 3 is 2.54 bits per heavy atom. The Bertz CT molecular complexity index is 1700. The Balaban J connectivity index is 1.61. The van der Waals surface area contributed by atoms with Gasteiger partial charge in [0.2, 0.25) is 6.79 Å². The van der Waals surface area contributed by atoms with Gasteiger partial charge in [0.25, 0.3) is 5.56 Å². The molecule has 6 rings (SSSR count). The summed E-state index contributed by atoms with van der Waals surface area (Å²) >= 11 is 1.28. The van der Waals surface area contributed by atoms with Crippen LogP contribution >= 0.6 is 11.3 Å². The highest BCUT2D eigenvalue weighted by molar-refractivity contribution is 7.07. The van der Waals surface area contributed by atoms with Crippen molar-refractivity contribution in [1.82, 2.24) is 4.57 Å². The largest absolute Gasteiger partial charge is 0.463 e. The molecular formula is C29H22N2O5S. The van der Waals surface area contributed by atoms with E-state index in [0.29, 0.717) is 32.1 Å². The van der Waals surface area contributed by atoms with Crippen LogP contribution in [-0.4, -0.2) is 23.9 Å². The highest BCUT2D eigenvalue weighted by Crippen LogP contribution is 2.35. The first kappa shape index (κ1) is 23.0. The van der Waals surface area contributed by atoms with E-state index in [1.54, 1.807) is 11.5 Å². The monoisotopic (exact) mass is 510 g/mol. The van der Waals surface area contributed by atoms with Gasteiger partial charge < -0.3 is 14.2 Å². The lowest BCUT2D eigenvalue weighted by Gasteiger charge is -2.25. The molecule has 184 valence electrons. The van der Waals surface area contributed by atoms with Gasteiger partial charge in [-0.25, -0.2) is 9.79 Å². The van der Waals surface area contributed by atoms with Crippen molar-refractivity contribution in [2.24, 2.45) is 4.99 Å². The lowest BCUT2D eigenvalue weighted by molar-refractivity contribution is -0.138. The third-order valence-corrected chi connectivity index (χ3v) is 7.17. The first-order chi connectivity index (χ1) is 18.1. The molecule has 0 aliphatic carbocycles. The fourth-order valence-electron chi connectivity index (χ4n) is 4.55. The summed E-state index contributed by atoms with van der Waals surface area (Å²) in [5.74, 6) is 0.818. The zero-order chi connectivity index (χ0) is 25.4. The van der Waals surface area contributed by atoms with Crippen LogP contribution in [0.15, 0.2) is 94.2 Å². The second-order valence-electron chi connectivity index (χ2n) is 8.45. The number of ether oxygens (including phenoxy) is 3. The number of thiazole rings is 1. The summed E-state index contributed by atoms with van der Waals surface area (Å²) in [6, 6.07) is 23.9.